The van der Waals surface area contributed by atoms with Crippen molar-refractivity contribution in [2.75, 3.05) is 6.61 Å². The van der Waals surface area contributed by atoms with E-state index in [0.29, 0.717) is 18.8 Å². The van der Waals surface area contributed by atoms with Gasteiger partial charge in [-0.3, -0.25) is 4.79 Å². The Morgan fingerprint density at radius 3 is 2.10 bits per heavy atom. The van der Waals surface area contributed by atoms with E-state index < -0.39 is 14.4 Å². The van der Waals surface area contributed by atoms with Crippen LogP contribution in [0.4, 0.5) is 0 Å². The third-order valence-corrected chi connectivity index (χ3v) is 10.2. The Labute approximate surface area is 176 Å². The van der Waals surface area contributed by atoms with Crippen molar-refractivity contribution in [1.82, 2.24) is 0 Å². The number of hydrogen-bond acceptors (Lipinski definition) is 3. The van der Waals surface area contributed by atoms with Gasteiger partial charge in [0.2, 0.25) is 0 Å². The largest absolute Gasteiger partial charge is 0.416 e. The van der Waals surface area contributed by atoms with Crippen molar-refractivity contribution in [2.45, 2.75) is 51.6 Å². The Morgan fingerprint density at radius 1 is 1.03 bits per heavy atom. The smallest absolute Gasteiger partial charge is 0.192 e. The second-order valence-corrected chi connectivity index (χ2v) is 13.7. The van der Waals surface area contributed by atoms with Crippen molar-refractivity contribution < 1.29 is 14.0 Å². The lowest BCUT2D eigenvalue weighted by Gasteiger charge is -2.37. The standard InChI is InChI=1S/C25H34O3Si/c1-7-21(19-28-29(5,6)25(2,3)4)24(23(26)22-16-12-9-13-17-22)27-18-20-14-10-8-11-15-20/h7-17,21,24H,1,18-19H2,2-6H3/t21-,24-/m1/s1. The molecule has 0 bridgehead atoms. The van der Waals surface area contributed by atoms with Gasteiger partial charge in [-0.25, -0.2) is 0 Å². The highest BCUT2D eigenvalue weighted by atomic mass is 28.4. The molecule has 2 aromatic rings. The van der Waals surface area contributed by atoms with E-state index in [9.17, 15) is 4.79 Å². The molecular weight excluding hydrogens is 376 g/mol. The molecule has 0 unspecified atom stereocenters. The summed E-state index contributed by atoms with van der Waals surface area (Å²) >= 11 is 0. The van der Waals surface area contributed by atoms with Crippen LogP contribution in [0.25, 0.3) is 0 Å². The second-order valence-electron chi connectivity index (χ2n) is 8.92. The van der Waals surface area contributed by atoms with Gasteiger partial charge in [0, 0.05) is 18.1 Å². The molecule has 2 atom stereocenters. The fraction of sp³-hybridized carbons (Fsp3) is 0.400. The van der Waals surface area contributed by atoms with Gasteiger partial charge in [-0.2, -0.15) is 0 Å². The second kappa shape index (κ2) is 10.1. The Kier molecular flexibility index (Phi) is 8.14. The van der Waals surface area contributed by atoms with Gasteiger partial charge in [0.25, 0.3) is 0 Å². The topological polar surface area (TPSA) is 35.5 Å². The average molecular weight is 411 g/mol. The molecular formula is C25H34O3Si. The molecule has 4 heteroatoms. The Bertz CT molecular complexity index is 779. The van der Waals surface area contributed by atoms with Crippen molar-refractivity contribution in [3.63, 3.8) is 0 Å². The first-order chi connectivity index (χ1) is 13.7. The van der Waals surface area contributed by atoms with Crippen LogP contribution < -0.4 is 0 Å². The molecule has 0 fully saturated rings. The maximum Gasteiger partial charge on any atom is 0.192 e. The molecule has 0 spiro atoms. The molecule has 0 saturated heterocycles. The summed E-state index contributed by atoms with van der Waals surface area (Å²) in [7, 11) is -1.95. The van der Waals surface area contributed by atoms with E-state index in [-0.39, 0.29) is 16.7 Å². The zero-order valence-corrected chi connectivity index (χ0v) is 19.4. The summed E-state index contributed by atoms with van der Waals surface area (Å²) in [6.07, 6.45) is 1.16. The SMILES string of the molecule is C=C[C@H](CO[Si](C)(C)C(C)(C)C)[C@@H](OCc1ccccc1)C(=O)c1ccccc1. The first-order valence-corrected chi connectivity index (χ1v) is 13.1. The van der Waals surface area contributed by atoms with E-state index in [1.807, 2.05) is 60.7 Å². The van der Waals surface area contributed by atoms with Gasteiger partial charge in [-0.1, -0.05) is 87.5 Å². The van der Waals surface area contributed by atoms with E-state index in [0.717, 1.165) is 5.56 Å². The molecule has 0 aliphatic rings. The lowest BCUT2D eigenvalue weighted by Crippen LogP contribution is -2.44. The van der Waals surface area contributed by atoms with Gasteiger partial charge >= 0.3 is 0 Å². The van der Waals surface area contributed by atoms with E-state index in [1.54, 1.807) is 6.08 Å². The normalized spacial score (nSPS) is 14.2. The van der Waals surface area contributed by atoms with Gasteiger partial charge in [0.1, 0.15) is 6.10 Å². The molecule has 2 rings (SSSR count). The number of benzene rings is 2. The van der Waals surface area contributed by atoms with Crippen molar-refractivity contribution in [2.24, 2.45) is 5.92 Å². The predicted molar refractivity (Wildman–Crippen MR) is 123 cm³/mol. The molecule has 0 saturated carbocycles. The molecule has 0 radical (unpaired) electrons. The quantitative estimate of drug-likeness (QED) is 0.263. The Hall–Kier alpha value is -2.01. The summed E-state index contributed by atoms with van der Waals surface area (Å²) in [5.41, 5.74) is 1.68. The number of carbonyl (C=O) groups is 1. The van der Waals surface area contributed by atoms with E-state index >= 15 is 0 Å². The molecule has 156 valence electrons. The van der Waals surface area contributed by atoms with Crippen molar-refractivity contribution >= 4 is 14.1 Å². The molecule has 0 aromatic heterocycles. The lowest BCUT2D eigenvalue weighted by molar-refractivity contribution is 0.00723. The number of ether oxygens (including phenoxy) is 1. The van der Waals surface area contributed by atoms with Gasteiger partial charge < -0.3 is 9.16 Å². The number of ketones is 1. The summed E-state index contributed by atoms with van der Waals surface area (Å²) in [4.78, 5) is 13.3. The molecule has 0 aliphatic heterocycles. The van der Waals surface area contributed by atoms with Gasteiger partial charge in [0.05, 0.1) is 6.61 Å². The van der Waals surface area contributed by atoms with E-state index in [1.165, 1.54) is 0 Å². The van der Waals surface area contributed by atoms with E-state index in [2.05, 4.69) is 40.4 Å². The summed E-state index contributed by atoms with van der Waals surface area (Å²) in [6.45, 7) is 15.8. The number of Topliss-reactive ketones (excluding diaryl/α,β-unsaturated/α-hetero) is 1. The van der Waals surface area contributed by atoms with Crippen LogP contribution in [0.5, 0.6) is 0 Å². The zero-order chi connectivity index (χ0) is 21.5. The molecule has 0 aliphatic carbocycles. The highest BCUT2D eigenvalue weighted by Crippen LogP contribution is 2.37. The highest BCUT2D eigenvalue weighted by Gasteiger charge is 2.38. The number of hydrogen-bond donors (Lipinski definition) is 0. The van der Waals surface area contributed by atoms with Crippen molar-refractivity contribution in [3.8, 4) is 0 Å². The third-order valence-electron chi connectivity index (χ3n) is 5.72. The Balaban J connectivity index is 2.21. The molecule has 29 heavy (non-hydrogen) atoms. The van der Waals surface area contributed by atoms with Gasteiger partial charge in [-0.05, 0) is 23.7 Å². The molecule has 2 aromatic carbocycles. The van der Waals surface area contributed by atoms with Crippen LogP contribution in [0.1, 0.15) is 36.7 Å². The molecule has 3 nitrogen and oxygen atoms in total. The van der Waals surface area contributed by atoms with Crippen LogP contribution in [0, 0.1) is 5.92 Å². The van der Waals surface area contributed by atoms with Crippen LogP contribution in [0.15, 0.2) is 73.3 Å². The van der Waals surface area contributed by atoms with E-state index in [4.69, 9.17) is 9.16 Å². The van der Waals surface area contributed by atoms with Crippen molar-refractivity contribution in [3.05, 3.63) is 84.4 Å². The first-order valence-electron chi connectivity index (χ1n) is 10.2. The number of carbonyl (C=O) groups excluding carboxylic acids is 1. The van der Waals surface area contributed by atoms with Gasteiger partial charge in [-0.15, -0.1) is 6.58 Å². The minimum Gasteiger partial charge on any atom is -0.416 e. The number of rotatable bonds is 10. The fourth-order valence-electron chi connectivity index (χ4n) is 2.72. The van der Waals surface area contributed by atoms with Crippen LogP contribution >= 0.6 is 0 Å². The summed E-state index contributed by atoms with van der Waals surface area (Å²) < 4.78 is 12.6. The van der Waals surface area contributed by atoms with Crippen LogP contribution in [0.3, 0.4) is 0 Å². The summed E-state index contributed by atoms with van der Waals surface area (Å²) in [5, 5.41) is 0.0998. The molecule has 0 N–H and O–H groups in total. The first kappa shape index (κ1) is 23.3. The van der Waals surface area contributed by atoms with Crippen LogP contribution in [-0.2, 0) is 15.8 Å². The van der Waals surface area contributed by atoms with Crippen LogP contribution in [-0.4, -0.2) is 26.8 Å². The molecule has 0 amide bonds. The summed E-state index contributed by atoms with van der Waals surface area (Å²) in [6, 6.07) is 19.2. The minimum absolute atomic E-state index is 0.0368. The average Bonchev–Trinajstić information content (AvgIpc) is 2.70. The maximum absolute atomic E-state index is 13.3. The predicted octanol–water partition coefficient (Wildman–Crippen LogP) is 6.28. The lowest BCUT2D eigenvalue weighted by atomic mass is 9.95. The summed E-state index contributed by atoms with van der Waals surface area (Å²) in [5.74, 6) is -0.259. The van der Waals surface area contributed by atoms with Crippen LogP contribution in [0.2, 0.25) is 18.1 Å². The molecule has 0 heterocycles. The fourth-order valence-corrected chi connectivity index (χ4v) is 3.76. The van der Waals surface area contributed by atoms with Gasteiger partial charge in [0.15, 0.2) is 14.1 Å². The monoisotopic (exact) mass is 410 g/mol. The zero-order valence-electron chi connectivity index (χ0n) is 18.4. The van der Waals surface area contributed by atoms with Crippen molar-refractivity contribution in [1.29, 1.82) is 0 Å². The highest BCUT2D eigenvalue weighted by molar-refractivity contribution is 6.74. The third kappa shape index (κ3) is 6.49. The maximum atomic E-state index is 13.3. The Morgan fingerprint density at radius 2 is 1.59 bits per heavy atom. The minimum atomic E-state index is -1.95.